The van der Waals surface area contributed by atoms with E-state index in [2.05, 4.69) is 60.8 Å². The second-order valence-electron chi connectivity index (χ2n) is 5.70. The third kappa shape index (κ3) is 3.62. The van der Waals surface area contributed by atoms with E-state index in [0.29, 0.717) is 6.04 Å². The van der Waals surface area contributed by atoms with Crippen molar-refractivity contribution in [1.29, 1.82) is 0 Å². The van der Waals surface area contributed by atoms with Gasteiger partial charge in [-0.05, 0) is 42.2 Å². The second kappa shape index (κ2) is 7.04. The van der Waals surface area contributed by atoms with Gasteiger partial charge in [-0.3, -0.25) is 0 Å². The second-order valence-corrected chi connectivity index (χ2v) is 6.76. The first-order valence-electron chi connectivity index (χ1n) is 7.94. The molecule has 2 aromatic rings. The third-order valence-electron chi connectivity index (χ3n) is 4.06. The SMILES string of the molecule is CCCCCc1ccc(NC2CSc3ccccc32)cc1. The highest BCUT2D eigenvalue weighted by Gasteiger charge is 2.22. The van der Waals surface area contributed by atoms with Crippen LogP contribution in [0.15, 0.2) is 53.4 Å². The Morgan fingerprint density at radius 3 is 2.67 bits per heavy atom. The molecule has 1 atom stereocenters. The molecule has 1 unspecified atom stereocenters. The zero-order valence-corrected chi connectivity index (χ0v) is 13.5. The minimum atomic E-state index is 0.442. The fourth-order valence-corrected chi connectivity index (χ4v) is 3.99. The highest BCUT2D eigenvalue weighted by atomic mass is 32.2. The van der Waals surface area contributed by atoms with Crippen molar-refractivity contribution >= 4 is 17.4 Å². The highest BCUT2D eigenvalue weighted by molar-refractivity contribution is 7.99. The molecule has 0 bridgehead atoms. The third-order valence-corrected chi connectivity index (χ3v) is 5.25. The summed E-state index contributed by atoms with van der Waals surface area (Å²) in [5.74, 6) is 1.12. The lowest BCUT2D eigenvalue weighted by molar-refractivity contribution is 0.717. The van der Waals surface area contributed by atoms with Gasteiger partial charge in [-0.15, -0.1) is 11.8 Å². The van der Waals surface area contributed by atoms with Crippen molar-refractivity contribution in [3.8, 4) is 0 Å². The lowest BCUT2D eigenvalue weighted by atomic mass is 10.1. The Hall–Kier alpha value is -1.41. The molecule has 2 heteroatoms. The van der Waals surface area contributed by atoms with E-state index in [4.69, 9.17) is 0 Å². The summed E-state index contributed by atoms with van der Waals surface area (Å²) in [7, 11) is 0. The van der Waals surface area contributed by atoms with Crippen molar-refractivity contribution in [3.05, 3.63) is 59.7 Å². The van der Waals surface area contributed by atoms with E-state index in [1.165, 1.54) is 47.4 Å². The van der Waals surface area contributed by atoms with Crippen LogP contribution in [0.25, 0.3) is 0 Å². The molecule has 21 heavy (non-hydrogen) atoms. The van der Waals surface area contributed by atoms with E-state index >= 15 is 0 Å². The molecule has 0 saturated heterocycles. The molecular weight excluding hydrogens is 274 g/mol. The maximum Gasteiger partial charge on any atom is 0.0618 e. The number of hydrogen-bond acceptors (Lipinski definition) is 2. The van der Waals surface area contributed by atoms with E-state index in [9.17, 15) is 0 Å². The molecule has 1 N–H and O–H groups in total. The lowest BCUT2D eigenvalue weighted by Gasteiger charge is -2.15. The van der Waals surface area contributed by atoms with Crippen molar-refractivity contribution in [3.63, 3.8) is 0 Å². The van der Waals surface area contributed by atoms with Crippen LogP contribution in [0.4, 0.5) is 5.69 Å². The Morgan fingerprint density at radius 1 is 1.05 bits per heavy atom. The van der Waals surface area contributed by atoms with Gasteiger partial charge in [0, 0.05) is 16.3 Å². The van der Waals surface area contributed by atoms with Gasteiger partial charge in [-0.25, -0.2) is 0 Å². The van der Waals surface area contributed by atoms with E-state index in [1.54, 1.807) is 0 Å². The summed E-state index contributed by atoms with van der Waals surface area (Å²) in [4.78, 5) is 1.42. The minimum Gasteiger partial charge on any atom is -0.377 e. The number of benzene rings is 2. The van der Waals surface area contributed by atoms with Crippen LogP contribution in [0.3, 0.4) is 0 Å². The molecule has 0 amide bonds. The molecule has 3 rings (SSSR count). The predicted molar refractivity (Wildman–Crippen MR) is 93.2 cm³/mol. The summed E-state index contributed by atoms with van der Waals surface area (Å²) in [5, 5.41) is 3.67. The monoisotopic (exact) mass is 297 g/mol. The molecule has 2 aromatic carbocycles. The Bertz CT molecular complexity index is 576. The quantitative estimate of drug-likeness (QED) is 0.689. The van der Waals surface area contributed by atoms with Crippen LogP contribution >= 0.6 is 11.8 Å². The minimum absolute atomic E-state index is 0.442. The average molecular weight is 297 g/mol. The molecule has 0 aliphatic carbocycles. The molecule has 1 aliphatic heterocycles. The van der Waals surface area contributed by atoms with Crippen molar-refractivity contribution in [2.24, 2.45) is 0 Å². The molecule has 1 nitrogen and oxygen atoms in total. The fraction of sp³-hybridized carbons (Fsp3) is 0.368. The molecule has 0 fully saturated rings. The van der Waals surface area contributed by atoms with Crippen LogP contribution < -0.4 is 5.32 Å². The Balaban J connectivity index is 1.61. The molecule has 1 heterocycles. The first-order valence-corrected chi connectivity index (χ1v) is 8.92. The standard InChI is InChI=1S/C19H23NS/c1-2-3-4-7-15-10-12-16(13-11-15)20-18-14-21-19-9-6-5-8-17(18)19/h5-6,8-13,18,20H,2-4,7,14H2,1H3. The van der Waals surface area contributed by atoms with Crippen LogP contribution in [-0.4, -0.2) is 5.75 Å². The van der Waals surface area contributed by atoms with Crippen LogP contribution in [0, 0.1) is 0 Å². The molecular formula is C19H23NS. The first kappa shape index (κ1) is 14.5. The van der Waals surface area contributed by atoms with Crippen LogP contribution in [0.1, 0.15) is 43.4 Å². The molecule has 0 spiro atoms. The fourth-order valence-electron chi connectivity index (χ4n) is 2.83. The zero-order valence-electron chi connectivity index (χ0n) is 12.6. The number of unbranched alkanes of at least 4 members (excludes halogenated alkanes) is 2. The zero-order chi connectivity index (χ0) is 14.5. The number of hydrogen-bond donors (Lipinski definition) is 1. The van der Waals surface area contributed by atoms with Crippen LogP contribution in [-0.2, 0) is 6.42 Å². The van der Waals surface area contributed by atoms with E-state index < -0.39 is 0 Å². The van der Waals surface area contributed by atoms with Gasteiger partial charge in [0.25, 0.3) is 0 Å². The lowest BCUT2D eigenvalue weighted by Crippen LogP contribution is -2.09. The van der Waals surface area contributed by atoms with Gasteiger partial charge >= 0.3 is 0 Å². The largest absolute Gasteiger partial charge is 0.377 e. The van der Waals surface area contributed by atoms with E-state index in [0.717, 1.165) is 5.75 Å². The summed E-state index contributed by atoms with van der Waals surface area (Å²) >= 11 is 1.95. The van der Waals surface area contributed by atoms with Crippen molar-refractivity contribution in [2.75, 3.05) is 11.1 Å². The van der Waals surface area contributed by atoms with Gasteiger partial charge in [-0.1, -0.05) is 50.1 Å². The average Bonchev–Trinajstić information content (AvgIpc) is 2.93. The number of nitrogens with one attached hydrogen (secondary N) is 1. The smallest absolute Gasteiger partial charge is 0.0618 e. The number of aryl methyl sites for hydroxylation is 1. The summed E-state index contributed by atoms with van der Waals surface area (Å²) in [6.45, 7) is 2.25. The summed E-state index contributed by atoms with van der Waals surface area (Å²) < 4.78 is 0. The van der Waals surface area contributed by atoms with Gasteiger partial charge in [0.2, 0.25) is 0 Å². The van der Waals surface area contributed by atoms with Crippen molar-refractivity contribution in [1.82, 2.24) is 0 Å². The maximum absolute atomic E-state index is 3.67. The highest BCUT2D eigenvalue weighted by Crippen LogP contribution is 2.39. The van der Waals surface area contributed by atoms with Crippen molar-refractivity contribution < 1.29 is 0 Å². The van der Waals surface area contributed by atoms with Crippen LogP contribution in [0.5, 0.6) is 0 Å². The molecule has 0 radical (unpaired) electrons. The van der Waals surface area contributed by atoms with E-state index in [1.807, 2.05) is 11.8 Å². The Morgan fingerprint density at radius 2 is 1.86 bits per heavy atom. The molecule has 1 aliphatic rings. The molecule has 110 valence electrons. The Labute approximate surface area is 132 Å². The number of thioether (sulfide) groups is 1. The van der Waals surface area contributed by atoms with Gasteiger partial charge in [0.1, 0.15) is 0 Å². The van der Waals surface area contributed by atoms with Gasteiger partial charge in [0.05, 0.1) is 6.04 Å². The summed E-state index contributed by atoms with van der Waals surface area (Å²) in [6, 6.07) is 18.2. The first-order chi connectivity index (χ1) is 10.4. The predicted octanol–water partition coefficient (Wildman–Crippen LogP) is 5.68. The summed E-state index contributed by atoms with van der Waals surface area (Å²) in [6.07, 6.45) is 5.13. The Kier molecular flexibility index (Phi) is 4.87. The normalized spacial score (nSPS) is 16.7. The molecule has 0 aromatic heterocycles. The van der Waals surface area contributed by atoms with Gasteiger partial charge in [-0.2, -0.15) is 0 Å². The van der Waals surface area contributed by atoms with E-state index in [-0.39, 0.29) is 0 Å². The number of anilines is 1. The number of fused-ring (bicyclic) bond motifs is 1. The molecule has 0 saturated carbocycles. The van der Waals surface area contributed by atoms with Crippen LogP contribution in [0.2, 0.25) is 0 Å². The topological polar surface area (TPSA) is 12.0 Å². The van der Waals surface area contributed by atoms with Crippen molar-refractivity contribution in [2.45, 2.75) is 43.5 Å². The maximum atomic E-state index is 3.67. The van der Waals surface area contributed by atoms with Gasteiger partial charge in [0.15, 0.2) is 0 Å². The summed E-state index contributed by atoms with van der Waals surface area (Å²) in [5.41, 5.74) is 4.13. The number of rotatable bonds is 6. The van der Waals surface area contributed by atoms with Gasteiger partial charge < -0.3 is 5.32 Å².